The van der Waals surface area contributed by atoms with Crippen LogP contribution in [0.4, 0.5) is 0 Å². The van der Waals surface area contributed by atoms with E-state index in [0.717, 1.165) is 22.1 Å². The highest BCUT2D eigenvalue weighted by molar-refractivity contribution is 14.1. The fraction of sp³-hybridized carbons (Fsp3) is 0.444. The van der Waals surface area contributed by atoms with Gasteiger partial charge in [0.15, 0.2) is 0 Å². The van der Waals surface area contributed by atoms with E-state index in [1.807, 2.05) is 23.9 Å². The molecule has 1 fully saturated rings. The van der Waals surface area contributed by atoms with Gasteiger partial charge in [0, 0.05) is 22.9 Å². The van der Waals surface area contributed by atoms with Gasteiger partial charge in [-0.3, -0.25) is 4.79 Å². The molecule has 70 valence electrons. The minimum Gasteiger partial charge on any atom is -0.348 e. The molecule has 0 spiro atoms. The molecular weight excluding hydrogens is 279 g/mol. The molecule has 13 heavy (non-hydrogen) atoms. The molecule has 1 heterocycles. The zero-order chi connectivity index (χ0) is 9.42. The van der Waals surface area contributed by atoms with E-state index in [9.17, 15) is 4.79 Å². The molecule has 1 N–H and O–H groups in total. The molecule has 0 atom stereocenters. The van der Waals surface area contributed by atoms with Gasteiger partial charge in [0.05, 0.1) is 0 Å². The van der Waals surface area contributed by atoms with Crippen LogP contribution in [-0.2, 0) is 7.05 Å². The van der Waals surface area contributed by atoms with Gasteiger partial charge in [-0.1, -0.05) is 0 Å². The van der Waals surface area contributed by atoms with Crippen molar-refractivity contribution < 1.29 is 4.79 Å². The third-order valence-corrected chi connectivity index (χ3v) is 2.71. The number of hydrogen-bond acceptors (Lipinski definition) is 1. The van der Waals surface area contributed by atoms with Crippen LogP contribution >= 0.6 is 22.6 Å². The summed E-state index contributed by atoms with van der Waals surface area (Å²) in [5, 5.41) is 2.96. The van der Waals surface area contributed by atoms with E-state index in [0.29, 0.717) is 6.04 Å². The molecule has 1 aromatic heterocycles. The Bertz CT molecular complexity index is 341. The van der Waals surface area contributed by atoms with Crippen LogP contribution in [0, 0.1) is 3.57 Å². The van der Waals surface area contributed by atoms with Crippen molar-refractivity contribution in [1.82, 2.24) is 9.88 Å². The van der Waals surface area contributed by atoms with Crippen molar-refractivity contribution in [1.29, 1.82) is 0 Å². The molecule has 0 radical (unpaired) electrons. The predicted octanol–water partition coefficient (Wildman–Crippen LogP) is 1.52. The van der Waals surface area contributed by atoms with Gasteiger partial charge in [-0.2, -0.15) is 0 Å². The number of aryl methyl sites for hydroxylation is 1. The molecule has 1 amide bonds. The van der Waals surface area contributed by atoms with Crippen LogP contribution in [0.3, 0.4) is 0 Å². The zero-order valence-corrected chi connectivity index (χ0v) is 9.54. The van der Waals surface area contributed by atoms with Crippen LogP contribution in [0.2, 0.25) is 0 Å². The maximum absolute atomic E-state index is 11.6. The van der Waals surface area contributed by atoms with E-state index >= 15 is 0 Å². The second kappa shape index (κ2) is 3.32. The van der Waals surface area contributed by atoms with Gasteiger partial charge < -0.3 is 9.88 Å². The van der Waals surface area contributed by atoms with Gasteiger partial charge in [-0.05, 0) is 41.5 Å². The van der Waals surface area contributed by atoms with E-state index < -0.39 is 0 Å². The average molecular weight is 290 g/mol. The van der Waals surface area contributed by atoms with Crippen molar-refractivity contribution in [3.63, 3.8) is 0 Å². The maximum Gasteiger partial charge on any atom is 0.268 e. The van der Waals surface area contributed by atoms with Crippen molar-refractivity contribution >= 4 is 28.5 Å². The highest BCUT2D eigenvalue weighted by atomic mass is 127. The minimum absolute atomic E-state index is 0.0490. The summed E-state index contributed by atoms with van der Waals surface area (Å²) in [7, 11) is 1.89. The van der Waals surface area contributed by atoms with E-state index in [-0.39, 0.29) is 5.91 Å². The van der Waals surface area contributed by atoms with Gasteiger partial charge in [-0.15, -0.1) is 0 Å². The van der Waals surface area contributed by atoms with Crippen LogP contribution in [-0.4, -0.2) is 16.5 Å². The summed E-state index contributed by atoms with van der Waals surface area (Å²) >= 11 is 2.21. The highest BCUT2D eigenvalue weighted by Crippen LogP contribution is 2.19. The van der Waals surface area contributed by atoms with Crippen molar-refractivity contribution in [3.8, 4) is 0 Å². The quantitative estimate of drug-likeness (QED) is 0.823. The van der Waals surface area contributed by atoms with Crippen molar-refractivity contribution in [2.45, 2.75) is 18.9 Å². The second-order valence-corrected chi connectivity index (χ2v) is 4.65. The minimum atomic E-state index is 0.0490. The average Bonchev–Trinajstić information content (AvgIpc) is 2.77. The lowest BCUT2D eigenvalue weighted by Gasteiger charge is -2.03. The Morgan fingerprint density at radius 2 is 2.38 bits per heavy atom. The first-order valence-corrected chi connectivity index (χ1v) is 5.37. The summed E-state index contributed by atoms with van der Waals surface area (Å²) in [6.45, 7) is 0. The van der Waals surface area contributed by atoms with Gasteiger partial charge >= 0.3 is 0 Å². The predicted molar refractivity (Wildman–Crippen MR) is 58.6 cm³/mol. The van der Waals surface area contributed by atoms with Gasteiger partial charge in [0.1, 0.15) is 5.69 Å². The monoisotopic (exact) mass is 290 g/mol. The molecule has 1 aliphatic carbocycles. The number of aromatic nitrogens is 1. The molecule has 3 nitrogen and oxygen atoms in total. The normalized spacial score (nSPS) is 15.8. The number of rotatable bonds is 2. The Balaban J connectivity index is 2.13. The number of halogens is 1. The molecule has 0 bridgehead atoms. The lowest BCUT2D eigenvalue weighted by atomic mass is 10.4. The molecule has 1 saturated carbocycles. The van der Waals surface area contributed by atoms with Crippen molar-refractivity contribution in [2.24, 2.45) is 7.05 Å². The summed E-state index contributed by atoms with van der Waals surface area (Å²) in [6.07, 6.45) is 4.21. The highest BCUT2D eigenvalue weighted by Gasteiger charge is 2.24. The van der Waals surface area contributed by atoms with E-state index in [2.05, 4.69) is 27.9 Å². The Morgan fingerprint density at radius 3 is 2.85 bits per heavy atom. The molecule has 4 heteroatoms. The SMILES string of the molecule is Cn1cc(I)cc1C(=O)NC1CC1. The van der Waals surface area contributed by atoms with Gasteiger partial charge in [-0.25, -0.2) is 0 Å². The summed E-state index contributed by atoms with van der Waals surface area (Å²) in [6, 6.07) is 2.33. The second-order valence-electron chi connectivity index (χ2n) is 3.40. The Kier molecular flexibility index (Phi) is 2.31. The Labute approximate surface area is 90.6 Å². The van der Waals surface area contributed by atoms with E-state index in [4.69, 9.17) is 0 Å². The van der Waals surface area contributed by atoms with Crippen LogP contribution in [0.1, 0.15) is 23.3 Å². The van der Waals surface area contributed by atoms with Crippen molar-refractivity contribution in [2.75, 3.05) is 0 Å². The topological polar surface area (TPSA) is 34.0 Å². The van der Waals surface area contributed by atoms with Crippen LogP contribution in [0.5, 0.6) is 0 Å². The first-order valence-electron chi connectivity index (χ1n) is 4.29. The summed E-state index contributed by atoms with van der Waals surface area (Å²) in [5.41, 5.74) is 0.747. The molecule has 1 aromatic rings. The standard InChI is InChI=1S/C9H11IN2O/c1-12-5-6(10)4-8(12)9(13)11-7-2-3-7/h4-5,7H,2-3H2,1H3,(H,11,13). The summed E-state index contributed by atoms with van der Waals surface area (Å²) < 4.78 is 2.96. The summed E-state index contributed by atoms with van der Waals surface area (Å²) in [5.74, 6) is 0.0490. The van der Waals surface area contributed by atoms with Gasteiger partial charge in [0.2, 0.25) is 0 Å². The number of hydrogen-bond donors (Lipinski definition) is 1. The third-order valence-electron chi connectivity index (χ3n) is 2.12. The number of carbonyl (C=O) groups excluding carboxylic acids is 1. The number of amides is 1. The molecular formula is C9H11IN2O. The smallest absolute Gasteiger partial charge is 0.268 e. The lowest BCUT2D eigenvalue weighted by Crippen LogP contribution is -2.27. The van der Waals surface area contributed by atoms with Crippen molar-refractivity contribution in [3.05, 3.63) is 21.5 Å². The van der Waals surface area contributed by atoms with Crippen LogP contribution in [0.15, 0.2) is 12.3 Å². The fourth-order valence-electron chi connectivity index (χ4n) is 1.24. The molecule has 0 aliphatic heterocycles. The van der Waals surface area contributed by atoms with Crippen LogP contribution < -0.4 is 5.32 Å². The molecule has 1 aliphatic rings. The van der Waals surface area contributed by atoms with E-state index in [1.165, 1.54) is 0 Å². The van der Waals surface area contributed by atoms with Gasteiger partial charge in [0.25, 0.3) is 5.91 Å². The summed E-state index contributed by atoms with van der Waals surface area (Å²) in [4.78, 5) is 11.6. The lowest BCUT2D eigenvalue weighted by molar-refractivity contribution is 0.0943. The molecule has 2 rings (SSSR count). The first-order chi connectivity index (χ1) is 6.16. The fourth-order valence-corrected chi connectivity index (χ4v) is 1.95. The number of carbonyl (C=O) groups is 1. The third kappa shape index (κ3) is 2.04. The number of nitrogens with zero attached hydrogens (tertiary/aromatic N) is 1. The number of nitrogens with one attached hydrogen (secondary N) is 1. The van der Waals surface area contributed by atoms with E-state index in [1.54, 1.807) is 0 Å². The maximum atomic E-state index is 11.6. The van der Waals surface area contributed by atoms with Crippen LogP contribution in [0.25, 0.3) is 0 Å². The first kappa shape index (κ1) is 9.05. The molecule has 0 saturated heterocycles. The molecule has 0 unspecified atom stereocenters. The Hall–Kier alpha value is -0.520. The Morgan fingerprint density at radius 1 is 1.69 bits per heavy atom. The molecule has 0 aromatic carbocycles. The zero-order valence-electron chi connectivity index (χ0n) is 7.38. The largest absolute Gasteiger partial charge is 0.348 e.